The van der Waals surface area contributed by atoms with Gasteiger partial charge in [-0.3, -0.25) is 9.78 Å². The Hall–Kier alpha value is -1.70. The highest BCUT2D eigenvalue weighted by Crippen LogP contribution is 2.27. The zero-order valence-corrected chi connectivity index (χ0v) is 11.0. The fraction of sp³-hybridized carbons (Fsp3) is 0.538. The molecule has 0 radical (unpaired) electrons. The number of amides is 1. The van der Waals surface area contributed by atoms with E-state index in [0.29, 0.717) is 12.4 Å². The predicted molar refractivity (Wildman–Crippen MR) is 67.5 cm³/mol. The van der Waals surface area contributed by atoms with Crippen molar-refractivity contribution in [2.75, 3.05) is 20.3 Å². The Bertz CT molecular complexity index is 509. The molecule has 3 heterocycles. The number of methoxy groups -OCH3 is 1. The molecular weight excluding hydrogens is 264 g/mol. The van der Waals surface area contributed by atoms with Crippen LogP contribution in [0.15, 0.2) is 18.3 Å². The Morgan fingerprint density at radius 1 is 1.45 bits per heavy atom. The summed E-state index contributed by atoms with van der Waals surface area (Å²) in [7, 11) is 1.53. The van der Waals surface area contributed by atoms with Crippen molar-refractivity contribution in [2.45, 2.75) is 24.4 Å². The normalized spacial score (nSPS) is 31.9. The molecule has 0 unspecified atom stereocenters. The van der Waals surface area contributed by atoms with Crippen LogP contribution < -0.4 is 10.1 Å². The lowest BCUT2D eigenvalue weighted by molar-refractivity contribution is 0.0178. The molecule has 7 nitrogen and oxygen atoms in total. The van der Waals surface area contributed by atoms with Crippen LogP contribution in [0.25, 0.3) is 0 Å². The van der Waals surface area contributed by atoms with Gasteiger partial charge in [-0.05, 0) is 6.07 Å². The minimum absolute atomic E-state index is 0.235. The Morgan fingerprint density at radius 3 is 3.05 bits per heavy atom. The second-order valence-corrected chi connectivity index (χ2v) is 4.82. The van der Waals surface area contributed by atoms with E-state index in [1.807, 2.05) is 0 Å². The van der Waals surface area contributed by atoms with Gasteiger partial charge >= 0.3 is 0 Å². The largest absolute Gasteiger partial charge is 0.497 e. The molecule has 0 saturated carbocycles. The van der Waals surface area contributed by atoms with Crippen LogP contribution >= 0.6 is 0 Å². The summed E-state index contributed by atoms with van der Waals surface area (Å²) in [5, 5.41) is 12.5. The molecule has 0 aliphatic carbocycles. The Labute approximate surface area is 115 Å². The van der Waals surface area contributed by atoms with Crippen LogP contribution in [0, 0.1) is 0 Å². The second kappa shape index (κ2) is 5.35. The van der Waals surface area contributed by atoms with Crippen molar-refractivity contribution in [1.29, 1.82) is 0 Å². The van der Waals surface area contributed by atoms with Crippen LogP contribution in [0.4, 0.5) is 0 Å². The number of fused-ring (bicyclic) bond motifs is 1. The molecule has 0 bridgehead atoms. The molecular formula is C13H16N2O5. The number of nitrogens with zero attached hydrogens (tertiary/aromatic N) is 1. The average Bonchev–Trinajstić information content (AvgIpc) is 3.03. The first kappa shape index (κ1) is 13.3. The number of nitrogens with one attached hydrogen (secondary N) is 1. The lowest BCUT2D eigenvalue weighted by Gasteiger charge is -2.17. The van der Waals surface area contributed by atoms with E-state index in [1.54, 1.807) is 12.1 Å². The van der Waals surface area contributed by atoms with Crippen molar-refractivity contribution in [3.63, 3.8) is 0 Å². The zero-order chi connectivity index (χ0) is 14.1. The zero-order valence-electron chi connectivity index (χ0n) is 11.0. The van der Waals surface area contributed by atoms with Gasteiger partial charge in [0.2, 0.25) is 0 Å². The number of aliphatic hydroxyl groups excluding tert-OH is 1. The number of aliphatic hydroxyl groups is 1. The Morgan fingerprint density at radius 2 is 2.25 bits per heavy atom. The Kier molecular flexibility index (Phi) is 3.56. The molecule has 2 N–H and O–H groups in total. The number of ether oxygens (including phenoxy) is 3. The molecule has 2 fully saturated rings. The first-order valence-electron chi connectivity index (χ1n) is 6.41. The van der Waals surface area contributed by atoms with Crippen LogP contribution in [-0.2, 0) is 9.47 Å². The van der Waals surface area contributed by atoms with Gasteiger partial charge in [-0.2, -0.15) is 0 Å². The lowest BCUT2D eigenvalue weighted by Crippen LogP contribution is -2.44. The minimum Gasteiger partial charge on any atom is -0.497 e. The molecule has 1 amide bonds. The number of rotatable bonds is 3. The molecule has 1 aromatic heterocycles. The van der Waals surface area contributed by atoms with Gasteiger partial charge < -0.3 is 24.6 Å². The summed E-state index contributed by atoms with van der Waals surface area (Å²) in [6.45, 7) is 0.557. The molecule has 3 rings (SSSR count). The third kappa shape index (κ3) is 2.35. The fourth-order valence-corrected chi connectivity index (χ4v) is 2.51. The van der Waals surface area contributed by atoms with Crippen molar-refractivity contribution in [1.82, 2.24) is 10.3 Å². The molecule has 4 atom stereocenters. The van der Waals surface area contributed by atoms with Crippen molar-refractivity contribution >= 4 is 5.91 Å². The molecule has 20 heavy (non-hydrogen) atoms. The first-order chi connectivity index (χ1) is 9.69. The summed E-state index contributed by atoms with van der Waals surface area (Å²) >= 11 is 0. The summed E-state index contributed by atoms with van der Waals surface area (Å²) in [5.41, 5.74) is 0.270. The van der Waals surface area contributed by atoms with Crippen molar-refractivity contribution in [3.05, 3.63) is 24.0 Å². The van der Waals surface area contributed by atoms with E-state index >= 15 is 0 Å². The summed E-state index contributed by atoms with van der Waals surface area (Å²) in [4.78, 5) is 16.1. The summed E-state index contributed by atoms with van der Waals surface area (Å²) in [6.07, 6.45) is 0.215. The summed E-state index contributed by atoms with van der Waals surface area (Å²) in [5.74, 6) is 0.251. The number of carbonyl (C=O) groups is 1. The number of hydrogen-bond acceptors (Lipinski definition) is 6. The Balaban J connectivity index is 1.67. The van der Waals surface area contributed by atoms with Crippen LogP contribution in [0.1, 0.15) is 10.5 Å². The maximum atomic E-state index is 12.1. The van der Waals surface area contributed by atoms with E-state index < -0.39 is 6.10 Å². The number of hydrogen-bond donors (Lipinski definition) is 2. The maximum absolute atomic E-state index is 12.1. The van der Waals surface area contributed by atoms with Crippen LogP contribution in [-0.4, -0.2) is 60.7 Å². The van der Waals surface area contributed by atoms with Gasteiger partial charge in [-0.25, -0.2) is 0 Å². The molecule has 2 aliphatic heterocycles. The third-order valence-electron chi connectivity index (χ3n) is 3.54. The summed E-state index contributed by atoms with van der Waals surface area (Å²) < 4.78 is 16.0. The van der Waals surface area contributed by atoms with Gasteiger partial charge in [-0.15, -0.1) is 0 Å². The first-order valence-corrected chi connectivity index (χ1v) is 6.41. The molecule has 7 heteroatoms. The van der Waals surface area contributed by atoms with E-state index in [0.717, 1.165) is 0 Å². The lowest BCUT2D eigenvalue weighted by atomic mass is 10.1. The third-order valence-corrected chi connectivity index (χ3v) is 3.54. The fourth-order valence-electron chi connectivity index (χ4n) is 2.51. The SMILES string of the molecule is COc1ccnc(C(=O)N[C@@H]2CO[C@H]3[C@@H]2OC[C@H]3O)c1. The quantitative estimate of drug-likeness (QED) is 0.764. The van der Waals surface area contributed by atoms with Crippen molar-refractivity contribution < 1.29 is 24.1 Å². The van der Waals surface area contributed by atoms with Crippen LogP contribution in [0.2, 0.25) is 0 Å². The highest BCUT2D eigenvalue weighted by atomic mass is 16.6. The molecule has 108 valence electrons. The molecule has 1 aromatic rings. The van der Waals surface area contributed by atoms with Gasteiger partial charge in [0.15, 0.2) is 0 Å². The highest BCUT2D eigenvalue weighted by Gasteiger charge is 2.47. The van der Waals surface area contributed by atoms with Gasteiger partial charge in [0.1, 0.15) is 29.8 Å². The molecule has 2 aliphatic rings. The van der Waals surface area contributed by atoms with E-state index in [4.69, 9.17) is 14.2 Å². The maximum Gasteiger partial charge on any atom is 0.270 e. The average molecular weight is 280 g/mol. The van der Waals surface area contributed by atoms with E-state index in [9.17, 15) is 9.90 Å². The topological polar surface area (TPSA) is 89.9 Å². The highest BCUT2D eigenvalue weighted by molar-refractivity contribution is 5.92. The van der Waals surface area contributed by atoms with Crippen LogP contribution in [0.3, 0.4) is 0 Å². The smallest absolute Gasteiger partial charge is 0.270 e. The van der Waals surface area contributed by atoms with Crippen molar-refractivity contribution in [3.8, 4) is 5.75 Å². The number of pyridine rings is 1. The van der Waals surface area contributed by atoms with E-state index in [1.165, 1.54) is 13.3 Å². The predicted octanol–water partition coefficient (Wildman–Crippen LogP) is -0.653. The number of carbonyl (C=O) groups excluding carboxylic acids is 1. The van der Waals surface area contributed by atoms with E-state index in [2.05, 4.69) is 10.3 Å². The van der Waals surface area contributed by atoms with Crippen LogP contribution in [0.5, 0.6) is 5.75 Å². The molecule has 0 aromatic carbocycles. The van der Waals surface area contributed by atoms with Gasteiger partial charge in [0.25, 0.3) is 5.91 Å². The van der Waals surface area contributed by atoms with E-state index in [-0.39, 0.29) is 36.5 Å². The number of aromatic nitrogens is 1. The van der Waals surface area contributed by atoms with Gasteiger partial charge in [0.05, 0.1) is 26.4 Å². The second-order valence-electron chi connectivity index (χ2n) is 4.82. The van der Waals surface area contributed by atoms with Gasteiger partial charge in [0, 0.05) is 12.3 Å². The molecule has 2 saturated heterocycles. The standard InChI is InChI=1S/C13H16N2O5/c1-18-7-2-3-14-8(4-7)13(17)15-9-5-19-12-10(16)6-20-11(9)12/h2-4,9-12,16H,5-6H2,1H3,(H,15,17)/t9-,10-,11-,12-/m1/s1. The minimum atomic E-state index is -0.628. The summed E-state index contributed by atoms with van der Waals surface area (Å²) in [6, 6.07) is 2.95. The molecule has 0 spiro atoms. The van der Waals surface area contributed by atoms with Gasteiger partial charge in [-0.1, -0.05) is 0 Å². The van der Waals surface area contributed by atoms with Crippen molar-refractivity contribution in [2.24, 2.45) is 0 Å². The monoisotopic (exact) mass is 280 g/mol.